The Balaban J connectivity index is 1.89. The Labute approximate surface area is 205 Å². The van der Waals surface area contributed by atoms with Gasteiger partial charge < -0.3 is 16.2 Å². The number of halogens is 2. The van der Waals surface area contributed by atoms with Crippen LogP contribution in [-0.2, 0) is 11.2 Å². The van der Waals surface area contributed by atoms with Gasteiger partial charge in [-0.2, -0.15) is 0 Å². The summed E-state index contributed by atoms with van der Waals surface area (Å²) in [5.41, 5.74) is 7.96. The van der Waals surface area contributed by atoms with E-state index >= 15 is 0 Å². The van der Waals surface area contributed by atoms with Crippen LogP contribution in [0.3, 0.4) is 0 Å². The monoisotopic (exact) mass is 504 g/mol. The number of phenolic OH excluding ortho intramolecular Hbond substituents is 1. The van der Waals surface area contributed by atoms with E-state index < -0.39 is 11.8 Å². The summed E-state index contributed by atoms with van der Waals surface area (Å²) in [5, 5.41) is 13.2. The summed E-state index contributed by atoms with van der Waals surface area (Å²) >= 11 is 13.2. The van der Waals surface area contributed by atoms with Crippen LogP contribution in [0.1, 0.15) is 47.1 Å². The maximum atomic E-state index is 12.9. The number of hydrogen-bond donors (Lipinski definition) is 3. The van der Waals surface area contributed by atoms with E-state index in [1.54, 1.807) is 18.2 Å². The van der Waals surface area contributed by atoms with Crippen LogP contribution in [-0.4, -0.2) is 22.7 Å². The largest absolute Gasteiger partial charge is 0.505 e. The van der Waals surface area contributed by atoms with E-state index in [-0.39, 0.29) is 38.1 Å². The smallest absolute Gasteiger partial charge is 0.256 e. The average Bonchev–Trinajstić information content (AvgIpc) is 3.09. The molecule has 3 aromatic rings. The number of nitrogens with one attached hydrogen (secondary N) is 1. The molecule has 33 heavy (non-hydrogen) atoms. The number of primary amides is 1. The van der Waals surface area contributed by atoms with Crippen molar-refractivity contribution in [2.45, 2.75) is 27.2 Å². The fraction of sp³-hybridized carbons (Fsp3) is 0.208. The normalized spacial score (nSPS) is 11.8. The Morgan fingerprint density at radius 1 is 1.18 bits per heavy atom. The number of nitrogens with two attached hydrogens (primary N) is 1. The summed E-state index contributed by atoms with van der Waals surface area (Å²) in [4.78, 5) is 36.4. The second-order valence-electron chi connectivity index (χ2n) is 7.88. The number of hydrogen-bond acceptors (Lipinski definition) is 5. The maximum absolute atomic E-state index is 12.9. The Morgan fingerprint density at radius 2 is 1.82 bits per heavy atom. The number of anilines is 1. The minimum absolute atomic E-state index is 0.00185. The lowest BCUT2D eigenvalue weighted by molar-refractivity contribution is -0.112. The zero-order valence-corrected chi connectivity index (χ0v) is 20.5. The van der Waals surface area contributed by atoms with Crippen LogP contribution in [0.25, 0.3) is 10.1 Å². The molecule has 0 aliphatic rings. The summed E-state index contributed by atoms with van der Waals surface area (Å²) in [5.74, 6) is -1.29. The van der Waals surface area contributed by atoms with E-state index in [0.717, 1.165) is 22.5 Å². The number of carbonyl (C=O) groups excluding carboxylic acids is 3. The van der Waals surface area contributed by atoms with Crippen LogP contribution in [0.15, 0.2) is 42.0 Å². The van der Waals surface area contributed by atoms with Crippen molar-refractivity contribution < 1.29 is 19.5 Å². The highest BCUT2D eigenvalue weighted by molar-refractivity contribution is 7.24. The molecule has 0 unspecified atom stereocenters. The van der Waals surface area contributed by atoms with Crippen LogP contribution in [0.5, 0.6) is 5.75 Å². The van der Waals surface area contributed by atoms with Gasteiger partial charge in [-0.05, 0) is 49.1 Å². The van der Waals surface area contributed by atoms with Crippen molar-refractivity contribution in [1.82, 2.24) is 0 Å². The predicted octanol–water partition coefficient (Wildman–Crippen LogP) is 5.98. The van der Waals surface area contributed by atoms with Gasteiger partial charge in [0.2, 0.25) is 0 Å². The molecule has 0 aliphatic carbocycles. The first-order chi connectivity index (χ1) is 15.5. The quantitative estimate of drug-likeness (QED) is 0.343. The molecule has 0 atom stereocenters. The van der Waals surface area contributed by atoms with Crippen LogP contribution in [0.4, 0.5) is 5.00 Å². The Hall–Kier alpha value is -2.87. The lowest BCUT2D eigenvalue weighted by atomic mass is 9.94. The highest BCUT2D eigenvalue weighted by Crippen LogP contribution is 2.46. The van der Waals surface area contributed by atoms with E-state index in [1.807, 2.05) is 26.0 Å². The molecule has 0 radical (unpaired) electrons. The Bertz CT molecular complexity index is 1290. The van der Waals surface area contributed by atoms with E-state index in [0.29, 0.717) is 22.1 Å². The van der Waals surface area contributed by atoms with Gasteiger partial charge in [-0.3, -0.25) is 14.4 Å². The van der Waals surface area contributed by atoms with Crippen molar-refractivity contribution in [3.8, 4) is 5.75 Å². The summed E-state index contributed by atoms with van der Waals surface area (Å²) in [6, 6.07) is 8.37. The molecule has 0 aliphatic heterocycles. The number of aromatic hydroxyl groups is 1. The van der Waals surface area contributed by atoms with Gasteiger partial charge in [0.15, 0.2) is 11.5 Å². The molecule has 1 aromatic heterocycles. The minimum atomic E-state index is -0.761. The first-order valence-electron chi connectivity index (χ1n) is 10.0. The summed E-state index contributed by atoms with van der Waals surface area (Å²) in [6.07, 6.45) is 2.25. The van der Waals surface area contributed by atoms with Crippen molar-refractivity contribution in [3.63, 3.8) is 0 Å². The third kappa shape index (κ3) is 5.38. The fourth-order valence-corrected chi connectivity index (χ4v) is 5.04. The molecule has 3 rings (SSSR count). The van der Waals surface area contributed by atoms with E-state index in [1.165, 1.54) is 13.0 Å². The molecule has 0 bridgehead atoms. The number of rotatable bonds is 7. The fourth-order valence-electron chi connectivity index (χ4n) is 3.35. The number of phenols is 1. The van der Waals surface area contributed by atoms with Crippen molar-refractivity contribution in [2.24, 2.45) is 11.7 Å². The number of ketones is 1. The van der Waals surface area contributed by atoms with Gasteiger partial charge in [0.05, 0.1) is 15.3 Å². The van der Waals surface area contributed by atoms with Crippen molar-refractivity contribution in [3.05, 3.63) is 68.7 Å². The molecule has 172 valence electrons. The van der Waals surface area contributed by atoms with Gasteiger partial charge in [-0.25, -0.2) is 0 Å². The minimum Gasteiger partial charge on any atom is -0.505 e. The molecule has 9 heteroatoms. The highest BCUT2D eigenvalue weighted by Gasteiger charge is 2.23. The van der Waals surface area contributed by atoms with E-state index in [9.17, 15) is 19.5 Å². The molecule has 2 amide bonds. The summed E-state index contributed by atoms with van der Waals surface area (Å²) in [7, 11) is 0. The molecular formula is C24H22Cl2N2O4S. The molecule has 0 fully saturated rings. The molecule has 2 aromatic carbocycles. The standard InChI is InChI=1S/C24H22Cl2N2O4S/c1-11(2)15(8-12(3)29)9-13-4-6-14(7-5-13)23(32)28-24-18(22(27)31)16-10-17(25)20(30)19(26)21(16)33-24/h4-8,10-11,30H,9H2,1-3H3,(H2,27,31)(H,28,32)/b15-8+. The van der Waals surface area contributed by atoms with Gasteiger partial charge in [-0.1, -0.05) is 54.8 Å². The van der Waals surface area contributed by atoms with Crippen LogP contribution >= 0.6 is 34.5 Å². The maximum Gasteiger partial charge on any atom is 0.256 e. The van der Waals surface area contributed by atoms with E-state index in [4.69, 9.17) is 28.9 Å². The third-order valence-corrected chi connectivity index (χ3v) is 6.98. The molecule has 0 saturated heterocycles. The topological polar surface area (TPSA) is 109 Å². The molecule has 4 N–H and O–H groups in total. The van der Waals surface area contributed by atoms with Crippen molar-refractivity contribution in [1.29, 1.82) is 0 Å². The molecule has 1 heterocycles. The van der Waals surface area contributed by atoms with E-state index in [2.05, 4.69) is 5.32 Å². The second kappa shape index (κ2) is 9.95. The molecule has 0 saturated carbocycles. The van der Waals surface area contributed by atoms with Crippen LogP contribution in [0, 0.1) is 5.92 Å². The van der Waals surface area contributed by atoms with Crippen molar-refractivity contribution >= 4 is 67.2 Å². The van der Waals surface area contributed by atoms with Crippen LogP contribution < -0.4 is 11.1 Å². The van der Waals surface area contributed by atoms with Gasteiger partial charge in [-0.15, -0.1) is 11.3 Å². The molecular weight excluding hydrogens is 483 g/mol. The summed E-state index contributed by atoms with van der Waals surface area (Å²) in [6.45, 7) is 5.57. The third-order valence-electron chi connectivity index (χ3n) is 5.08. The second-order valence-corrected chi connectivity index (χ2v) is 9.69. The van der Waals surface area contributed by atoms with Gasteiger partial charge in [0.25, 0.3) is 11.8 Å². The lowest BCUT2D eigenvalue weighted by Crippen LogP contribution is -2.16. The zero-order chi connectivity index (χ0) is 24.4. The Kier molecular flexibility index (Phi) is 7.47. The van der Waals surface area contributed by atoms with Gasteiger partial charge in [0.1, 0.15) is 10.0 Å². The van der Waals surface area contributed by atoms with Crippen molar-refractivity contribution in [2.75, 3.05) is 5.32 Å². The number of benzene rings is 2. The molecule has 6 nitrogen and oxygen atoms in total. The molecule has 0 spiro atoms. The lowest BCUT2D eigenvalue weighted by Gasteiger charge is -2.12. The predicted molar refractivity (Wildman–Crippen MR) is 134 cm³/mol. The zero-order valence-electron chi connectivity index (χ0n) is 18.2. The number of fused-ring (bicyclic) bond motifs is 1. The number of carbonyl (C=O) groups is 3. The summed E-state index contributed by atoms with van der Waals surface area (Å²) < 4.78 is 0.386. The number of amides is 2. The first-order valence-corrected chi connectivity index (χ1v) is 11.6. The number of allylic oxidation sites excluding steroid dienone is 2. The average molecular weight is 505 g/mol. The number of thiophene rings is 1. The van der Waals surface area contributed by atoms with Crippen LogP contribution in [0.2, 0.25) is 10.0 Å². The first kappa shape index (κ1) is 24.8. The van der Waals surface area contributed by atoms with Gasteiger partial charge in [0, 0.05) is 10.9 Å². The SMILES string of the molecule is CC(=O)/C=C(\Cc1ccc(C(=O)Nc2sc3c(Cl)c(O)c(Cl)cc3c2C(N)=O)cc1)C(C)C. The van der Waals surface area contributed by atoms with Gasteiger partial charge >= 0.3 is 0 Å². The highest BCUT2D eigenvalue weighted by atomic mass is 35.5. The Morgan fingerprint density at radius 3 is 2.36 bits per heavy atom.